The molecule has 1 heterocycles. The molecule has 3 nitrogen and oxygen atoms in total. The molecule has 0 amide bonds. The summed E-state index contributed by atoms with van der Waals surface area (Å²) in [4.78, 5) is 13.1. The zero-order valence-electron chi connectivity index (χ0n) is 13.6. The number of carbonyl (C=O) groups excluding carboxylic acids is 1. The first-order chi connectivity index (χ1) is 11.7. The maximum Gasteiger partial charge on any atom is 0.150 e. The standard InChI is InChI=1S/C20H22ClNO2/c21-19-7-5-17(6-8-19)20(24)18-9-11-22(12-10-18)13-15-1-3-16(14-23)4-2-15/h1-8,14,18,20,24H,9-13H2. The van der Waals surface area contributed by atoms with E-state index in [-0.39, 0.29) is 0 Å². The number of piperidine rings is 1. The van der Waals surface area contributed by atoms with Gasteiger partial charge in [-0.15, -0.1) is 0 Å². The highest BCUT2D eigenvalue weighted by Gasteiger charge is 2.26. The summed E-state index contributed by atoms with van der Waals surface area (Å²) < 4.78 is 0. The number of halogens is 1. The fourth-order valence-corrected chi connectivity index (χ4v) is 3.44. The second kappa shape index (κ2) is 7.93. The van der Waals surface area contributed by atoms with Gasteiger partial charge in [-0.1, -0.05) is 48.0 Å². The van der Waals surface area contributed by atoms with E-state index in [1.807, 2.05) is 48.5 Å². The van der Waals surface area contributed by atoms with Crippen LogP contribution in [0.1, 0.15) is 40.4 Å². The van der Waals surface area contributed by atoms with Crippen LogP contribution in [-0.2, 0) is 6.54 Å². The van der Waals surface area contributed by atoms with Gasteiger partial charge in [0.1, 0.15) is 6.29 Å². The zero-order valence-corrected chi connectivity index (χ0v) is 14.3. The summed E-state index contributed by atoms with van der Waals surface area (Å²) in [5.41, 5.74) is 2.88. The summed E-state index contributed by atoms with van der Waals surface area (Å²) in [6.07, 6.45) is 2.41. The van der Waals surface area contributed by atoms with E-state index in [1.54, 1.807) is 0 Å². The van der Waals surface area contributed by atoms with Crippen LogP contribution in [-0.4, -0.2) is 29.4 Å². The number of aliphatic hydroxyl groups excluding tert-OH is 1. The number of carbonyl (C=O) groups is 1. The van der Waals surface area contributed by atoms with Crippen molar-refractivity contribution in [1.29, 1.82) is 0 Å². The van der Waals surface area contributed by atoms with E-state index in [4.69, 9.17) is 11.6 Å². The van der Waals surface area contributed by atoms with Gasteiger partial charge in [0.05, 0.1) is 6.10 Å². The number of likely N-dealkylation sites (tertiary alicyclic amines) is 1. The third-order valence-corrected chi connectivity index (χ3v) is 5.06. The smallest absolute Gasteiger partial charge is 0.150 e. The van der Waals surface area contributed by atoms with Crippen LogP contribution in [0, 0.1) is 5.92 Å². The molecule has 2 aromatic carbocycles. The van der Waals surface area contributed by atoms with Gasteiger partial charge in [0.25, 0.3) is 0 Å². The monoisotopic (exact) mass is 343 g/mol. The lowest BCUT2D eigenvalue weighted by molar-refractivity contribution is 0.0568. The van der Waals surface area contributed by atoms with Gasteiger partial charge in [-0.2, -0.15) is 0 Å². The van der Waals surface area contributed by atoms with Crippen molar-refractivity contribution in [3.05, 3.63) is 70.2 Å². The van der Waals surface area contributed by atoms with E-state index < -0.39 is 6.10 Å². The minimum atomic E-state index is -0.420. The Bertz CT molecular complexity index is 661. The van der Waals surface area contributed by atoms with Crippen LogP contribution in [0.25, 0.3) is 0 Å². The molecule has 1 unspecified atom stereocenters. The van der Waals surface area contributed by atoms with Crippen LogP contribution in [0.2, 0.25) is 5.02 Å². The van der Waals surface area contributed by atoms with Crippen LogP contribution in [0.5, 0.6) is 0 Å². The molecule has 1 atom stereocenters. The maximum absolute atomic E-state index is 10.7. The van der Waals surface area contributed by atoms with Crippen molar-refractivity contribution in [1.82, 2.24) is 4.90 Å². The van der Waals surface area contributed by atoms with Crippen molar-refractivity contribution in [2.75, 3.05) is 13.1 Å². The van der Waals surface area contributed by atoms with E-state index in [2.05, 4.69) is 4.90 Å². The lowest BCUT2D eigenvalue weighted by Gasteiger charge is -2.34. The van der Waals surface area contributed by atoms with E-state index >= 15 is 0 Å². The fourth-order valence-electron chi connectivity index (χ4n) is 3.32. The summed E-state index contributed by atoms with van der Waals surface area (Å²) in [6.45, 7) is 2.85. The Morgan fingerprint density at radius 1 is 1.08 bits per heavy atom. The molecule has 1 N–H and O–H groups in total. The Morgan fingerprint density at radius 3 is 2.29 bits per heavy atom. The molecule has 0 radical (unpaired) electrons. The first-order valence-electron chi connectivity index (χ1n) is 8.36. The van der Waals surface area contributed by atoms with Gasteiger partial charge in [0, 0.05) is 17.1 Å². The van der Waals surface area contributed by atoms with Gasteiger partial charge in [-0.25, -0.2) is 0 Å². The SMILES string of the molecule is O=Cc1ccc(CN2CCC(C(O)c3ccc(Cl)cc3)CC2)cc1. The molecular formula is C20H22ClNO2. The first-order valence-corrected chi connectivity index (χ1v) is 8.73. The Hall–Kier alpha value is -1.68. The number of rotatable bonds is 5. The second-order valence-electron chi connectivity index (χ2n) is 6.47. The fraction of sp³-hybridized carbons (Fsp3) is 0.350. The number of nitrogens with zero attached hydrogens (tertiary/aromatic N) is 1. The van der Waals surface area contributed by atoms with Crippen LogP contribution in [0.4, 0.5) is 0 Å². The molecule has 0 saturated carbocycles. The Balaban J connectivity index is 1.53. The molecule has 1 fully saturated rings. The topological polar surface area (TPSA) is 40.5 Å². The average Bonchev–Trinajstić information content (AvgIpc) is 2.63. The molecule has 4 heteroatoms. The number of benzene rings is 2. The van der Waals surface area contributed by atoms with E-state index in [9.17, 15) is 9.90 Å². The van der Waals surface area contributed by atoms with Crippen molar-refractivity contribution in [3.63, 3.8) is 0 Å². The van der Waals surface area contributed by atoms with Crippen LogP contribution < -0.4 is 0 Å². The number of hydrogen-bond donors (Lipinski definition) is 1. The summed E-state index contributed by atoms with van der Waals surface area (Å²) in [7, 11) is 0. The molecule has 0 bridgehead atoms. The molecule has 1 saturated heterocycles. The highest BCUT2D eigenvalue weighted by Crippen LogP contribution is 2.31. The van der Waals surface area contributed by atoms with Crippen LogP contribution >= 0.6 is 11.6 Å². The van der Waals surface area contributed by atoms with Crippen molar-refractivity contribution >= 4 is 17.9 Å². The van der Waals surface area contributed by atoms with Gasteiger partial charge < -0.3 is 5.11 Å². The van der Waals surface area contributed by atoms with Crippen molar-refractivity contribution in [2.45, 2.75) is 25.5 Å². The second-order valence-corrected chi connectivity index (χ2v) is 6.91. The molecule has 0 spiro atoms. The van der Waals surface area contributed by atoms with Gasteiger partial charge in [-0.3, -0.25) is 9.69 Å². The molecule has 2 aromatic rings. The molecule has 0 aromatic heterocycles. The van der Waals surface area contributed by atoms with Crippen molar-refractivity contribution < 1.29 is 9.90 Å². The molecule has 1 aliphatic rings. The molecule has 126 valence electrons. The molecular weight excluding hydrogens is 322 g/mol. The largest absolute Gasteiger partial charge is 0.388 e. The predicted octanol–water partition coefficient (Wildman–Crippen LogP) is 4.10. The quantitative estimate of drug-likeness (QED) is 0.831. The van der Waals surface area contributed by atoms with E-state index in [1.165, 1.54) is 5.56 Å². The van der Waals surface area contributed by atoms with E-state index in [0.717, 1.165) is 44.3 Å². The third-order valence-electron chi connectivity index (χ3n) is 4.81. The van der Waals surface area contributed by atoms with Crippen LogP contribution in [0.15, 0.2) is 48.5 Å². The molecule has 24 heavy (non-hydrogen) atoms. The van der Waals surface area contributed by atoms with Crippen LogP contribution in [0.3, 0.4) is 0 Å². The molecule has 1 aliphatic heterocycles. The normalized spacial score (nSPS) is 17.6. The minimum Gasteiger partial charge on any atom is -0.388 e. The lowest BCUT2D eigenvalue weighted by Crippen LogP contribution is -2.35. The summed E-state index contributed by atoms with van der Waals surface area (Å²) in [5.74, 6) is 0.292. The Labute approximate surface area is 147 Å². The minimum absolute atomic E-state index is 0.292. The molecule has 0 aliphatic carbocycles. The first kappa shape index (κ1) is 17.2. The maximum atomic E-state index is 10.7. The van der Waals surface area contributed by atoms with Gasteiger partial charge in [0.2, 0.25) is 0 Å². The Morgan fingerprint density at radius 2 is 1.71 bits per heavy atom. The third kappa shape index (κ3) is 4.23. The Kier molecular flexibility index (Phi) is 5.67. The predicted molar refractivity (Wildman–Crippen MR) is 96.2 cm³/mol. The summed E-state index contributed by atoms with van der Waals surface area (Å²) in [6, 6.07) is 15.2. The number of aliphatic hydroxyl groups is 1. The number of hydrogen-bond acceptors (Lipinski definition) is 3. The van der Waals surface area contributed by atoms with Gasteiger partial charge in [0.15, 0.2) is 0 Å². The van der Waals surface area contributed by atoms with Crippen molar-refractivity contribution in [2.24, 2.45) is 5.92 Å². The molecule has 3 rings (SSSR count). The number of aldehydes is 1. The lowest BCUT2D eigenvalue weighted by atomic mass is 9.87. The van der Waals surface area contributed by atoms with E-state index in [0.29, 0.717) is 16.5 Å². The highest BCUT2D eigenvalue weighted by atomic mass is 35.5. The zero-order chi connectivity index (χ0) is 16.9. The van der Waals surface area contributed by atoms with Gasteiger partial charge in [-0.05, 0) is 55.1 Å². The average molecular weight is 344 g/mol. The summed E-state index contributed by atoms with van der Waals surface area (Å²) >= 11 is 5.91. The van der Waals surface area contributed by atoms with Crippen molar-refractivity contribution in [3.8, 4) is 0 Å². The summed E-state index contributed by atoms with van der Waals surface area (Å²) in [5, 5.41) is 11.3. The van der Waals surface area contributed by atoms with Gasteiger partial charge >= 0.3 is 0 Å². The highest BCUT2D eigenvalue weighted by molar-refractivity contribution is 6.30.